The Labute approximate surface area is 172 Å². The third kappa shape index (κ3) is 3.99. The summed E-state index contributed by atoms with van der Waals surface area (Å²) in [7, 11) is 0. The molecule has 2 aromatic carbocycles. The molecule has 31 heavy (non-hydrogen) atoms. The maximum atomic E-state index is 13.9. The van der Waals surface area contributed by atoms with Crippen LogP contribution in [-0.4, -0.2) is 35.8 Å². The van der Waals surface area contributed by atoms with Gasteiger partial charge in [-0.3, -0.25) is 4.79 Å². The highest BCUT2D eigenvalue weighted by atomic mass is 19.4. The van der Waals surface area contributed by atoms with Crippen LogP contribution < -0.4 is 15.8 Å². The minimum Gasteiger partial charge on any atom is -0.406 e. The van der Waals surface area contributed by atoms with Gasteiger partial charge in [-0.15, -0.1) is 13.2 Å². The molecular weight excluding hydrogens is 425 g/mol. The second-order valence-corrected chi connectivity index (χ2v) is 7.37. The van der Waals surface area contributed by atoms with Crippen molar-refractivity contribution in [3.05, 3.63) is 64.7 Å². The Hall–Kier alpha value is -3.37. The topological polar surface area (TPSA) is 84.7 Å². The number of urea groups is 1. The number of halogens is 5. The van der Waals surface area contributed by atoms with Crippen LogP contribution in [0, 0.1) is 0 Å². The van der Waals surface area contributed by atoms with Crippen molar-refractivity contribution in [3.63, 3.8) is 0 Å². The van der Waals surface area contributed by atoms with Gasteiger partial charge in [0.25, 0.3) is 5.92 Å². The Bertz CT molecular complexity index is 1040. The molecule has 2 aliphatic rings. The first kappa shape index (κ1) is 20.9. The van der Waals surface area contributed by atoms with Crippen molar-refractivity contribution >= 4 is 11.9 Å². The number of hydrogen-bond donors (Lipinski definition) is 2. The predicted molar refractivity (Wildman–Crippen MR) is 97.2 cm³/mol. The molecule has 0 saturated carbocycles. The van der Waals surface area contributed by atoms with Crippen molar-refractivity contribution in [2.45, 2.75) is 30.8 Å². The van der Waals surface area contributed by atoms with E-state index in [1.807, 2.05) is 0 Å². The van der Waals surface area contributed by atoms with E-state index in [1.54, 1.807) is 6.07 Å². The first-order valence-electron chi connectivity index (χ1n) is 9.18. The van der Waals surface area contributed by atoms with Gasteiger partial charge >= 0.3 is 12.4 Å². The quantitative estimate of drug-likeness (QED) is 0.699. The van der Waals surface area contributed by atoms with E-state index in [1.165, 1.54) is 29.2 Å². The monoisotopic (exact) mass is 441 g/mol. The molecule has 2 atom stereocenters. The number of primary amides is 1. The molecule has 4 rings (SSSR count). The normalized spacial score (nSPS) is 20.5. The molecule has 3 N–H and O–H groups in total. The van der Waals surface area contributed by atoms with Gasteiger partial charge in [0.1, 0.15) is 11.8 Å². The second kappa shape index (κ2) is 7.10. The summed E-state index contributed by atoms with van der Waals surface area (Å²) in [6, 6.07) is 6.51. The van der Waals surface area contributed by atoms with Crippen molar-refractivity contribution in [2.24, 2.45) is 5.73 Å². The summed E-state index contributed by atoms with van der Waals surface area (Å²) >= 11 is 0. The zero-order valence-corrected chi connectivity index (χ0v) is 15.7. The van der Waals surface area contributed by atoms with Crippen LogP contribution in [0.5, 0.6) is 5.75 Å². The number of ether oxygens (including phenoxy) is 1. The fourth-order valence-electron chi connectivity index (χ4n) is 3.83. The van der Waals surface area contributed by atoms with Crippen LogP contribution in [0.1, 0.15) is 28.3 Å². The van der Waals surface area contributed by atoms with Crippen LogP contribution in [0.25, 0.3) is 0 Å². The summed E-state index contributed by atoms with van der Waals surface area (Å²) in [6.07, 6.45) is -5.26. The third-order valence-electron chi connectivity index (χ3n) is 5.28. The van der Waals surface area contributed by atoms with E-state index in [0.29, 0.717) is 16.7 Å². The van der Waals surface area contributed by atoms with Crippen molar-refractivity contribution in [3.8, 4) is 5.75 Å². The highest BCUT2D eigenvalue weighted by molar-refractivity contribution is 5.89. The van der Waals surface area contributed by atoms with Crippen LogP contribution in [0.3, 0.4) is 0 Å². The van der Waals surface area contributed by atoms with E-state index in [-0.39, 0.29) is 18.5 Å². The molecule has 1 aliphatic carbocycles. The van der Waals surface area contributed by atoms with E-state index in [2.05, 4.69) is 10.1 Å². The summed E-state index contributed by atoms with van der Waals surface area (Å²) < 4.78 is 69.1. The lowest BCUT2D eigenvalue weighted by atomic mass is 9.81. The molecule has 164 valence electrons. The van der Waals surface area contributed by atoms with E-state index >= 15 is 0 Å². The lowest BCUT2D eigenvalue weighted by Gasteiger charge is -2.33. The molecule has 1 saturated heterocycles. The minimum absolute atomic E-state index is 0.132. The summed E-state index contributed by atoms with van der Waals surface area (Å²) in [5, 5.41) is 2.41. The number of amides is 3. The Morgan fingerprint density at radius 2 is 1.81 bits per heavy atom. The maximum absolute atomic E-state index is 13.9. The molecule has 0 spiro atoms. The molecule has 1 aliphatic heterocycles. The average Bonchev–Trinajstić information content (AvgIpc) is 3.04. The van der Waals surface area contributed by atoms with Crippen LogP contribution >= 0.6 is 0 Å². The Morgan fingerprint density at radius 3 is 2.35 bits per heavy atom. The smallest absolute Gasteiger partial charge is 0.406 e. The van der Waals surface area contributed by atoms with E-state index in [0.717, 1.165) is 12.1 Å². The predicted octanol–water partition coefficient (Wildman–Crippen LogP) is 3.20. The van der Waals surface area contributed by atoms with Gasteiger partial charge in [0.15, 0.2) is 0 Å². The number of nitrogens with one attached hydrogen (secondary N) is 1. The largest absolute Gasteiger partial charge is 0.573 e. The number of nitrogens with two attached hydrogens (primary N) is 1. The molecule has 0 radical (unpaired) electrons. The summed E-state index contributed by atoms with van der Waals surface area (Å²) in [6.45, 7) is -0.132. The number of hydrogen-bond acceptors (Lipinski definition) is 3. The summed E-state index contributed by atoms with van der Waals surface area (Å²) in [5.74, 6) is -4.24. The highest BCUT2D eigenvalue weighted by Crippen LogP contribution is 2.45. The number of rotatable bonds is 5. The SMILES string of the molecule is NC(=O)C1CN([C@H](c2ccc(OC(F)(F)F)cc2)c2ccc3c(c2)C(F)(F)C3)C(=O)N1. The second-order valence-electron chi connectivity index (χ2n) is 7.37. The van der Waals surface area contributed by atoms with Crippen molar-refractivity contribution in [1.82, 2.24) is 10.2 Å². The lowest BCUT2D eigenvalue weighted by molar-refractivity contribution is -0.274. The van der Waals surface area contributed by atoms with Crippen LogP contribution in [0.4, 0.5) is 26.7 Å². The van der Waals surface area contributed by atoms with Crippen LogP contribution in [0.15, 0.2) is 42.5 Å². The molecule has 6 nitrogen and oxygen atoms in total. The molecule has 0 aromatic heterocycles. The van der Waals surface area contributed by atoms with Crippen molar-refractivity contribution in [1.29, 1.82) is 0 Å². The third-order valence-corrected chi connectivity index (χ3v) is 5.28. The van der Waals surface area contributed by atoms with Gasteiger partial charge in [-0.2, -0.15) is 0 Å². The van der Waals surface area contributed by atoms with Gasteiger partial charge in [0.05, 0.1) is 12.6 Å². The Kier molecular flexibility index (Phi) is 4.78. The van der Waals surface area contributed by atoms with E-state index in [9.17, 15) is 31.5 Å². The zero-order valence-electron chi connectivity index (χ0n) is 15.7. The lowest BCUT2D eigenvalue weighted by Crippen LogP contribution is -2.39. The van der Waals surface area contributed by atoms with Gasteiger partial charge in [0, 0.05) is 12.0 Å². The molecular formula is C20H16F5N3O3. The average molecular weight is 441 g/mol. The minimum atomic E-state index is -4.88. The van der Waals surface area contributed by atoms with E-state index in [4.69, 9.17) is 5.73 Å². The van der Waals surface area contributed by atoms with Crippen LogP contribution in [0.2, 0.25) is 0 Å². The molecule has 1 unspecified atom stereocenters. The Balaban J connectivity index is 1.73. The number of fused-ring (bicyclic) bond motifs is 1. The van der Waals surface area contributed by atoms with Crippen molar-refractivity contribution in [2.75, 3.05) is 6.54 Å². The molecule has 0 bridgehead atoms. The van der Waals surface area contributed by atoms with Gasteiger partial charge in [0.2, 0.25) is 5.91 Å². The maximum Gasteiger partial charge on any atom is 0.573 e. The number of benzene rings is 2. The van der Waals surface area contributed by atoms with Gasteiger partial charge in [-0.05, 0) is 34.9 Å². The number of nitrogens with zero attached hydrogens (tertiary/aromatic N) is 1. The van der Waals surface area contributed by atoms with Gasteiger partial charge in [-0.1, -0.05) is 24.3 Å². The molecule has 1 fully saturated rings. The molecule has 2 aromatic rings. The number of alkyl halides is 5. The molecule has 1 heterocycles. The summed E-state index contributed by atoms with van der Waals surface area (Å²) in [5.41, 5.74) is 6.24. The Morgan fingerprint density at radius 1 is 1.16 bits per heavy atom. The number of carbonyl (C=O) groups excluding carboxylic acids is 2. The van der Waals surface area contributed by atoms with Gasteiger partial charge in [-0.25, -0.2) is 13.6 Å². The fourth-order valence-corrected chi connectivity index (χ4v) is 3.83. The van der Waals surface area contributed by atoms with Crippen molar-refractivity contribution < 1.29 is 36.3 Å². The summed E-state index contributed by atoms with van der Waals surface area (Å²) in [4.78, 5) is 25.3. The van der Waals surface area contributed by atoms with Crippen LogP contribution in [-0.2, 0) is 17.1 Å². The zero-order chi connectivity index (χ0) is 22.6. The highest BCUT2D eigenvalue weighted by Gasteiger charge is 2.45. The number of carbonyl (C=O) groups is 2. The fraction of sp³-hybridized carbons (Fsp3) is 0.300. The molecule has 3 amide bonds. The molecule has 11 heteroatoms. The first-order chi connectivity index (χ1) is 14.4. The van der Waals surface area contributed by atoms with E-state index < -0.39 is 42.1 Å². The first-order valence-corrected chi connectivity index (χ1v) is 9.18. The van der Waals surface area contributed by atoms with Gasteiger partial charge < -0.3 is 20.7 Å². The standard InChI is InChI=1S/C20H16F5N3O3/c21-19(22)8-12-2-1-11(7-14(12)19)16(28-9-15(17(26)29)27-18(28)30)10-3-5-13(6-4-10)31-20(23,24)25/h1-7,15-16H,8-9H2,(H2,26,29)(H,27,30)/t15?,16-/m1/s1.